The first-order valence-electron chi connectivity index (χ1n) is 8.17. The van der Waals surface area contributed by atoms with Crippen LogP contribution >= 0.6 is 11.6 Å². The van der Waals surface area contributed by atoms with Gasteiger partial charge in [0.2, 0.25) is 0 Å². The predicted molar refractivity (Wildman–Crippen MR) is 88.2 cm³/mol. The Morgan fingerprint density at radius 3 is 3.14 bits per heavy atom. The van der Waals surface area contributed by atoms with Crippen molar-refractivity contribution in [2.24, 2.45) is 0 Å². The van der Waals surface area contributed by atoms with Crippen LogP contribution in [0, 0.1) is 0 Å². The minimum absolute atomic E-state index is 0.411. The Morgan fingerprint density at radius 1 is 1.38 bits per heavy atom. The molecule has 1 aromatic rings. The number of halogens is 1. The van der Waals surface area contributed by atoms with Gasteiger partial charge in [-0.25, -0.2) is 0 Å². The van der Waals surface area contributed by atoms with Crippen LogP contribution in [-0.4, -0.2) is 31.8 Å². The number of fused-ring (bicyclic) bond motifs is 1. The molecule has 1 aromatic carbocycles. The smallest absolute Gasteiger partial charge is 0.0779 e. The van der Waals surface area contributed by atoms with Gasteiger partial charge in [0.15, 0.2) is 0 Å². The summed E-state index contributed by atoms with van der Waals surface area (Å²) in [4.78, 5) is 2.54. The first-order valence-corrected chi connectivity index (χ1v) is 8.55. The number of rotatable bonds is 5. The second-order valence-electron chi connectivity index (χ2n) is 6.02. The summed E-state index contributed by atoms with van der Waals surface area (Å²) in [6, 6.07) is 6.82. The van der Waals surface area contributed by atoms with Crippen molar-refractivity contribution < 1.29 is 4.74 Å². The number of nitrogens with one attached hydrogen (secondary N) is 1. The highest BCUT2D eigenvalue weighted by Crippen LogP contribution is 2.36. The second kappa shape index (κ2) is 6.99. The number of anilines is 1. The number of hydrogen-bond donors (Lipinski definition) is 1. The molecule has 1 heterocycles. The maximum atomic E-state index is 6.47. The molecule has 2 unspecified atom stereocenters. The highest BCUT2D eigenvalue weighted by Gasteiger charge is 2.36. The monoisotopic (exact) mass is 308 g/mol. The highest BCUT2D eigenvalue weighted by molar-refractivity contribution is 6.31. The van der Waals surface area contributed by atoms with Gasteiger partial charge in [-0.05, 0) is 44.4 Å². The molecule has 3 nitrogen and oxygen atoms in total. The summed E-state index contributed by atoms with van der Waals surface area (Å²) in [5, 5.41) is 4.36. The van der Waals surface area contributed by atoms with E-state index in [1.807, 2.05) is 6.07 Å². The molecule has 1 aliphatic carbocycles. The summed E-state index contributed by atoms with van der Waals surface area (Å²) in [5.41, 5.74) is 2.53. The van der Waals surface area contributed by atoms with E-state index in [0.717, 1.165) is 37.7 Å². The van der Waals surface area contributed by atoms with E-state index < -0.39 is 0 Å². The van der Waals surface area contributed by atoms with Crippen LogP contribution in [-0.2, 0) is 11.3 Å². The van der Waals surface area contributed by atoms with Crippen molar-refractivity contribution in [2.45, 2.75) is 51.3 Å². The molecule has 0 amide bonds. The van der Waals surface area contributed by atoms with E-state index in [0.29, 0.717) is 12.1 Å². The molecule has 1 aliphatic heterocycles. The average molecular weight is 309 g/mol. The minimum Gasteiger partial charge on any atom is -0.374 e. The van der Waals surface area contributed by atoms with Crippen molar-refractivity contribution in [3.05, 3.63) is 28.8 Å². The number of ether oxygens (including phenoxy) is 1. The van der Waals surface area contributed by atoms with Crippen LogP contribution in [0.5, 0.6) is 0 Å². The zero-order valence-electron chi connectivity index (χ0n) is 12.8. The summed E-state index contributed by atoms with van der Waals surface area (Å²) in [7, 11) is 0. The van der Waals surface area contributed by atoms with Crippen LogP contribution in [0.3, 0.4) is 0 Å². The molecule has 2 atom stereocenters. The van der Waals surface area contributed by atoms with Gasteiger partial charge in [0.05, 0.1) is 18.8 Å². The van der Waals surface area contributed by atoms with Crippen LogP contribution in [0.2, 0.25) is 5.02 Å². The van der Waals surface area contributed by atoms with Gasteiger partial charge in [-0.2, -0.15) is 0 Å². The van der Waals surface area contributed by atoms with Crippen molar-refractivity contribution in [1.82, 2.24) is 5.32 Å². The number of nitrogens with zero attached hydrogens (tertiary/aromatic N) is 1. The van der Waals surface area contributed by atoms with Gasteiger partial charge in [-0.15, -0.1) is 0 Å². The van der Waals surface area contributed by atoms with Crippen LogP contribution < -0.4 is 10.2 Å². The molecule has 116 valence electrons. The Morgan fingerprint density at radius 2 is 2.29 bits per heavy atom. The van der Waals surface area contributed by atoms with E-state index in [2.05, 4.69) is 29.3 Å². The Labute approximate surface area is 132 Å². The minimum atomic E-state index is 0.411. The molecule has 21 heavy (non-hydrogen) atoms. The van der Waals surface area contributed by atoms with Gasteiger partial charge in [0.1, 0.15) is 0 Å². The Kier molecular flexibility index (Phi) is 5.04. The summed E-state index contributed by atoms with van der Waals surface area (Å²) in [6.45, 7) is 5.86. The fourth-order valence-corrected chi connectivity index (χ4v) is 3.84. The third-order valence-corrected chi connectivity index (χ3v) is 4.97. The Hall–Kier alpha value is -0.770. The molecule has 0 spiro atoms. The molecule has 1 saturated carbocycles. The zero-order valence-corrected chi connectivity index (χ0v) is 13.5. The van der Waals surface area contributed by atoms with Crippen molar-refractivity contribution in [3.8, 4) is 0 Å². The van der Waals surface area contributed by atoms with E-state index in [-0.39, 0.29) is 0 Å². The molecule has 2 aliphatic rings. The van der Waals surface area contributed by atoms with E-state index in [1.54, 1.807) is 0 Å². The lowest BCUT2D eigenvalue weighted by molar-refractivity contribution is 0.0256. The molecular weight excluding hydrogens is 284 g/mol. The van der Waals surface area contributed by atoms with Crippen molar-refractivity contribution in [1.29, 1.82) is 0 Å². The average Bonchev–Trinajstić information content (AvgIpc) is 2.97. The lowest BCUT2D eigenvalue weighted by atomic mass is 10.1. The molecule has 1 N–H and O–H groups in total. The topological polar surface area (TPSA) is 24.5 Å². The predicted octanol–water partition coefficient (Wildman–Crippen LogP) is 3.60. The summed E-state index contributed by atoms with van der Waals surface area (Å²) in [6.07, 6.45) is 5.26. The third-order valence-electron chi connectivity index (χ3n) is 4.61. The van der Waals surface area contributed by atoms with Gasteiger partial charge in [0, 0.05) is 29.4 Å². The first kappa shape index (κ1) is 15.1. The Balaban J connectivity index is 1.84. The molecular formula is C17H25ClN2O. The fraction of sp³-hybridized carbons (Fsp3) is 0.647. The highest BCUT2D eigenvalue weighted by atomic mass is 35.5. The lowest BCUT2D eigenvalue weighted by Gasteiger charge is -2.40. The molecule has 0 bridgehead atoms. The SMILES string of the molecule is CCCNCc1c(Cl)cccc1N1CCOC2CCCC21. The van der Waals surface area contributed by atoms with Crippen molar-refractivity contribution >= 4 is 17.3 Å². The summed E-state index contributed by atoms with van der Waals surface area (Å²) in [5.74, 6) is 0. The van der Waals surface area contributed by atoms with Gasteiger partial charge >= 0.3 is 0 Å². The number of morpholine rings is 1. The van der Waals surface area contributed by atoms with E-state index >= 15 is 0 Å². The third kappa shape index (κ3) is 3.20. The molecule has 2 fully saturated rings. The normalized spacial score (nSPS) is 25.1. The number of benzene rings is 1. The molecule has 1 saturated heterocycles. The molecule has 0 aromatic heterocycles. The van der Waals surface area contributed by atoms with Crippen molar-refractivity contribution in [2.75, 3.05) is 24.6 Å². The Bertz CT molecular complexity index is 480. The van der Waals surface area contributed by atoms with E-state index in [9.17, 15) is 0 Å². The summed E-state index contributed by atoms with van der Waals surface area (Å²) < 4.78 is 5.93. The van der Waals surface area contributed by atoms with E-state index in [1.165, 1.54) is 30.5 Å². The van der Waals surface area contributed by atoms with Gasteiger partial charge < -0.3 is 15.0 Å². The van der Waals surface area contributed by atoms with Gasteiger partial charge in [-0.1, -0.05) is 24.6 Å². The van der Waals surface area contributed by atoms with Crippen LogP contribution in [0.1, 0.15) is 38.2 Å². The quantitative estimate of drug-likeness (QED) is 0.841. The van der Waals surface area contributed by atoms with Crippen LogP contribution in [0.4, 0.5) is 5.69 Å². The first-order chi connectivity index (χ1) is 10.3. The molecule has 4 heteroatoms. The number of hydrogen-bond acceptors (Lipinski definition) is 3. The molecule has 3 rings (SSSR count). The van der Waals surface area contributed by atoms with E-state index in [4.69, 9.17) is 16.3 Å². The lowest BCUT2D eigenvalue weighted by Crippen LogP contribution is -2.49. The van der Waals surface area contributed by atoms with Crippen LogP contribution in [0.25, 0.3) is 0 Å². The maximum absolute atomic E-state index is 6.47. The largest absolute Gasteiger partial charge is 0.374 e. The molecule has 0 radical (unpaired) electrons. The second-order valence-corrected chi connectivity index (χ2v) is 6.42. The maximum Gasteiger partial charge on any atom is 0.0779 e. The van der Waals surface area contributed by atoms with Crippen LogP contribution in [0.15, 0.2) is 18.2 Å². The van der Waals surface area contributed by atoms with Crippen molar-refractivity contribution in [3.63, 3.8) is 0 Å². The zero-order chi connectivity index (χ0) is 14.7. The summed E-state index contributed by atoms with van der Waals surface area (Å²) >= 11 is 6.47. The van der Waals surface area contributed by atoms with Gasteiger partial charge in [-0.3, -0.25) is 0 Å². The fourth-order valence-electron chi connectivity index (χ4n) is 3.61. The van der Waals surface area contributed by atoms with Gasteiger partial charge in [0.25, 0.3) is 0 Å². The standard InChI is InChI=1S/C17H25ClN2O/c1-2-9-19-12-13-14(18)5-3-6-15(13)20-10-11-21-17-8-4-7-16(17)20/h3,5-6,16-17,19H,2,4,7-12H2,1H3.